The molecule has 28 heavy (non-hydrogen) atoms. The SMILES string of the molecule is Cn1cc(C=CC(=O)N2CCCC(c3n[nH]c(=O)n3-c3ccccc3)C2)cn1. The van der Waals surface area contributed by atoms with Gasteiger partial charge in [-0.2, -0.15) is 10.2 Å². The van der Waals surface area contributed by atoms with E-state index < -0.39 is 0 Å². The summed E-state index contributed by atoms with van der Waals surface area (Å²) in [6.45, 7) is 1.24. The molecule has 0 aliphatic carbocycles. The Bertz CT molecular complexity index is 1050. The van der Waals surface area contributed by atoms with Gasteiger partial charge < -0.3 is 4.90 Å². The van der Waals surface area contributed by atoms with Crippen LogP contribution in [0.25, 0.3) is 11.8 Å². The van der Waals surface area contributed by atoms with E-state index in [2.05, 4.69) is 15.3 Å². The highest BCUT2D eigenvalue weighted by Crippen LogP contribution is 2.26. The summed E-state index contributed by atoms with van der Waals surface area (Å²) in [7, 11) is 1.84. The Morgan fingerprint density at radius 3 is 2.86 bits per heavy atom. The van der Waals surface area contributed by atoms with Crippen molar-refractivity contribution in [3.63, 3.8) is 0 Å². The average Bonchev–Trinajstić information content (AvgIpc) is 3.32. The van der Waals surface area contributed by atoms with Gasteiger partial charge in [-0.25, -0.2) is 14.5 Å². The molecule has 1 aliphatic rings. The Kier molecular flexibility index (Phi) is 4.92. The van der Waals surface area contributed by atoms with E-state index in [1.165, 1.54) is 0 Å². The Morgan fingerprint density at radius 1 is 1.29 bits per heavy atom. The van der Waals surface area contributed by atoms with Crippen LogP contribution in [0.4, 0.5) is 0 Å². The number of nitrogens with zero attached hydrogens (tertiary/aromatic N) is 5. The number of amides is 1. The summed E-state index contributed by atoms with van der Waals surface area (Å²) in [5.74, 6) is 0.631. The molecule has 1 N–H and O–H groups in total. The molecule has 3 heterocycles. The molecule has 8 heteroatoms. The minimum absolute atomic E-state index is 0.00338. The second-order valence-electron chi connectivity index (χ2n) is 6.96. The van der Waals surface area contributed by atoms with E-state index in [1.807, 2.05) is 48.5 Å². The van der Waals surface area contributed by atoms with Gasteiger partial charge in [-0.3, -0.25) is 9.48 Å². The quantitative estimate of drug-likeness (QED) is 0.700. The van der Waals surface area contributed by atoms with E-state index in [1.54, 1.807) is 27.6 Å². The molecular weight excluding hydrogens is 356 g/mol. The Balaban J connectivity index is 1.53. The molecule has 1 atom stereocenters. The largest absolute Gasteiger partial charge is 0.347 e. The molecule has 1 aliphatic heterocycles. The van der Waals surface area contributed by atoms with E-state index in [9.17, 15) is 9.59 Å². The number of aromatic nitrogens is 5. The molecule has 1 aromatic carbocycles. The summed E-state index contributed by atoms with van der Waals surface area (Å²) in [4.78, 5) is 26.8. The molecule has 3 aromatic rings. The first kappa shape index (κ1) is 18.0. The van der Waals surface area contributed by atoms with E-state index in [4.69, 9.17) is 0 Å². The van der Waals surface area contributed by atoms with Gasteiger partial charge in [-0.05, 0) is 31.1 Å². The number of piperidine rings is 1. The van der Waals surface area contributed by atoms with E-state index in [0.717, 1.165) is 24.1 Å². The highest BCUT2D eigenvalue weighted by molar-refractivity contribution is 5.91. The van der Waals surface area contributed by atoms with Crippen LogP contribution >= 0.6 is 0 Å². The fourth-order valence-electron chi connectivity index (χ4n) is 3.60. The second-order valence-corrected chi connectivity index (χ2v) is 6.96. The van der Waals surface area contributed by atoms with Gasteiger partial charge in [0.1, 0.15) is 5.82 Å². The zero-order chi connectivity index (χ0) is 19.5. The second kappa shape index (κ2) is 7.67. The van der Waals surface area contributed by atoms with E-state index in [-0.39, 0.29) is 17.5 Å². The molecule has 1 unspecified atom stereocenters. The number of likely N-dealkylation sites (tertiary alicyclic amines) is 1. The van der Waals surface area contributed by atoms with Crippen LogP contribution in [-0.4, -0.2) is 48.4 Å². The topological polar surface area (TPSA) is 88.8 Å². The van der Waals surface area contributed by atoms with Crippen molar-refractivity contribution in [2.45, 2.75) is 18.8 Å². The Labute approximate surface area is 162 Å². The third-order valence-corrected chi connectivity index (χ3v) is 4.95. The lowest BCUT2D eigenvalue weighted by Crippen LogP contribution is -2.39. The molecule has 0 bridgehead atoms. The normalized spacial score (nSPS) is 17.3. The molecule has 0 saturated carbocycles. The number of hydrogen-bond donors (Lipinski definition) is 1. The van der Waals surface area contributed by atoms with Crippen molar-refractivity contribution in [2.24, 2.45) is 7.05 Å². The molecule has 8 nitrogen and oxygen atoms in total. The molecule has 2 aromatic heterocycles. The number of aryl methyl sites for hydroxylation is 1. The van der Waals surface area contributed by atoms with Crippen molar-refractivity contribution in [1.29, 1.82) is 0 Å². The number of para-hydroxylation sites is 1. The van der Waals surface area contributed by atoms with Crippen LogP contribution in [0.3, 0.4) is 0 Å². The van der Waals surface area contributed by atoms with Crippen molar-refractivity contribution >= 4 is 12.0 Å². The van der Waals surface area contributed by atoms with E-state index >= 15 is 0 Å². The van der Waals surface area contributed by atoms with Crippen LogP contribution in [0, 0.1) is 0 Å². The van der Waals surface area contributed by atoms with Crippen LogP contribution < -0.4 is 5.69 Å². The molecule has 0 spiro atoms. The standard InChI is InChI=1S/C20H22N6O2/c1-24-13-15(12-21-24)9-10-18(27)25-11-5-6-16(14-25)19-22-23-20(28)26(19)17-7-3-2-4-8-17/h2-4,7-10,12-13,16H,5-6,11,14H2,1H3,(H,23,28). The molecule has 0 radical (unpaired) electrons. The maximum atomic E-state index is 12.6. The van der Waals surface area contributed by atoms with Crippen LogP contribution in [0.5, 0.6) is 0 Å². The summed E-state index contributed by atoms with van der Waals surface area (Å²) < 4.78 is 3.30. The minimum atomic E-state index is -0.263. The fraction of sp³-hybridized carbons (Fsp3) is 0.300. The van der Waals surface area contributed by atoms with Gasteiger partial charge in [0.05, 0.1) is 11.9 Å². The van der Waals surface area contributed by atoms with E-state index in [0.29, 0.717) is 18.9 Å². The average molecular weight is 378 g/mol. The zero-order valence-electron chi connectivity index (χ0n) is 15.7. The van der Waals surface area contributed by atoms with Gasteiger partial charge in [0, 0.05) is 43.9 Å². The predicted molar refractivity (Wildman–Crippen MR) is 105 cm³/mol. The summed E-state index contributed by atoms with van der Waals surface area (Å²) in [6, 6.07) is 9.44. The van der Waals surface area contributed by atoms with Crippen LogP contribution in [0.15, 0.2) is 53.6 Å². The van der Waals surface area contributed by atoms with Crippen LogP contribution in [-0.2, 0) is 11.8 Å². The van der Waals surface area contributed by atoms with Crippen LogP contribution in [0.2, 0.25) is 0 Å². The predicted octanol–water partition coefficient (Wildman–Crippen LogP) is 1.71. The number of hydrogen-bond acceptors (Lipinski definition) is 4. The highest BCUT2D eigenvalue weighted by Gasteiger charge is 2.28. The van der Waals surface area contributed by atoms with Gasteiger partial charge in [0.2, 0.25) is 5.91 Å². The third kappa shape index (κ3) is 3.66. The fourth-order valence-corrected chi connectivity index (χ4v) is 3.60. The molecule has 1 fully saturated rings. The minimum Gasteiger partial charge on any atom is -0.338 e. The molecular formula is C20H22N6O2. The maximum absolute atomic E-state index is 12.6. The van der Waals surface area contributed by atoms with Gasteiger partial charge in [0.15, 0.2) is 0 Å². The lowest BCUT2D eigenvalue weighted by atomic mass is 9.97. The van der Waals surface area contributed by atoms with Gasteiger partial charge in [-0.1, -0.05) is 18.2 Å². The van der Waals surface area contributed by atoms with Crippen molar-refractivity contribution in [3.8, 4) is 5.69 Å². The molecule has 4 rings (SSSR count). The van der Waals surface area contributed by atoms with Gasteiger partial charge in [-0.15, -0.1) is 0 Å². The van der Waals surface area contributed by atoms with Gasteiger partial charge >= 0.3 is 5.69 Å². The summed E-state index contributed by atoms with van der Waals surface area (Å²) >= 11 is 0. The lowest BCUT2D eigenvalue weighted by molar-refractivity contribution is -0.127. The first-order valence-corrected chi connectivity index (χ1v) is 9.30. The lowest BCUT2D eigenvalue weighted by Gasteiger charge is -2.31. The first-order valence-electron chi connectivity index (χ1n) is 9.30. The smallest absolute Gasteiger partial charge is 0.338 e. The molecule has 1 amide bonds. The number of aromatic amines is 1. The molecule has 144 valence electrons. The molecule has 1 saturated heterocycles. The summed E-state index contributed by atoms with van der Waals surface area (Å²) in [5, 5.41) is 10.9. The van der Waals surface area contributed by atoms with Crippen LogP contribution in [0.1, 0.15) is 30.1 Å². The Hall–Kier alpha value is -3.42. The van der Waals surface area contributed by atoms with Crippen molar-refractivity contribution in [3.05, 3.63) is 70.7 Å². The number of nitrogens with one attached hydrogen (secondary N) is 1. The van der Waals surface area contributed by atoms with Gasteiger partial charge in [0.25, 0.3) is 0 Å². The number of carbonyl (C=O) groups is 1. The zero-order valence-corrected chi connectivity index (χ0v) is 15.7. The summed E-state index contributed by atoms with van der Waals surface area (Å²) in [6.07, 6.45) is 8.66. The summed E-state index contributed by atoms with van der Waals surface area (Å²) in [5.41, 5.74) is 1.40. The number of carbonyl (C=O) groups excluding carboxylic acids is 1. The van der Waals surface area contributed by atoms with Crippen molar-refractivity contribution in [1.82, 2.24) is 29.4 Å². The monoisotopic (exact) mass is 378 g/mol. The first-order chi connectivity index (χ1) is 13.6. The third-order valence-electron chi connectivity index (χ3n) is 4.95. The number of H-pyrrole nitrogens is 1. The highest BCUT2D eigenvalue weighted by atomic mass is 16.2. The number of benzene rings is 1. The van der Waals surface area contributed by atoms with Crippen molar-refractivity contribution in [2.75, 3.05) is 13.1 Å². The number of rotatable bonds is 4. The van der Waals surface area contributed by atoms with Crippen molar-refractivity contribution < 1.29 is 4.79 Å². The maximum Gasteiger partial charge on any atom is 0.347 e. The Morgan fingerprint density at radius 2 is 2.11 bits per heavy atom.